The largest absolute Gasteiger partial charge is 0.369 e. The fourth-order valence-corrected chi connectivity index (χ4v) is 2.93. The third-order valence-corrected chi connectivity index (χ3v) is 4.06. The second-order valence-electron chi connectivity index (χ2n) is 4.80. The van der Waals surface area contributed by atoms with Gasteiger partial charge < -0.3 is 10.2 Å². The molecule has 1 fully saturated rings. The summed E-state index contributed by atoms with van der Waals surface area (Å²) in [5.74, 6) is 0. The van der Waals surface area contributed by atoms with Crippen LogP contribution in [0.2, 0.25) is 0 Å². The predicted molar refractivity (Wildman–Crippen MR) is 77.6 cm³/mol. The Morgan fingerprint density at radius 1 is 1.35 bits per heavy atom. The van der Waals surface area contributed by atoms with E-state index in [1.807, 2.05) is 0 Å². The standard InChI is InChI=1S/C14H21BrN2/c1-3-16-13-8-9-17(11(2)10-13)14-6-4-12(15)5-7-14/h4-7,11,13,16H,3,8-10H2,1-2H3. The minimum absolute atomic E-state index is 0.619. The molecule has 1 saturated heterocycles. The van der Waals surface area contributed by atoms with Crippen LogP contribution >= 0.6 is 15.9 Å². The van der Waals surface area contributed by atoms with E-state index in [0.717, 1.165) is 17.6 Å². The molecule has 0 radical (unpaired) electrons. The van der Waals surface area contributed by atoms with Gasteiger partial charge in [-0.05, 0) is 50.6 Å². The van der Waals surface area contributed by atoms with Crippen LogP contribution in [0, 0.1) is 0 Å². The summed E-state index contributed by atoms with van der Waals surface area (Å²) in [5.41, 5.74) is 1.34. The first-order valence-corrected chi connectivity index (χ1v) is 7.25. The van der Waals surface area contributed by atoms with Crippen LogP contribution in [0.4, 0.5) is 5.69 Å². The maximum Gasteiger partial charge on any atom is 0.0369 e. The highest BCUT2D eigenvalue weighted by molar-refractivity contribution is 9.10. The first-order chi connectivity index (χ1) is 8.20. The second kappa shape index (κ2) is 5.87. The summed E-state index contributed by atoms with van der Waals surface area (Å²) >= 11 is 3.49. The highest BCUT2D eigenvalue weighted by Gasteiger charge is 2.24. The van der Waals surface area contributed by atoms with Gasteiger partial charge in [-0.25, -0.2) is 0 Å². The molecule has 1 aliphatic heterocycles. The number of piperidine rings is 1. The molecule has 3 heteroatoms. The summed E-state index contributed by atoms with van der Waals surface area (Å²) in [6, 6.07) is 9.97. The monoisotopic (exact) mass is 296 g/mol. The van der Waals surface area contributed by atoms with Crippen LogP contribution in [0.3, 0.4) is 0 Å². The molecule has 1 N–H and O–H groups in total. The molecule has 1 heterocycles. The van der Waals surface area contributed by atoms with Gasteiger partial charge in [0, 0.05) is 28.8 Å². The first kappa shape index (κ1) is 12.9. The quantitative estimate of drug-likeness (QED) is 0.919. The summed E-state index contributed by atoms with van der Waals surface area (Å²) in [6.45, 7) is 6.74. The minimum atomic E-state index is 0.619. The molecular weight excluding hydrogens is 276 g/mol. The van der Waals surface area contributed by atoms with Crippen LogP contribution < -0.4 is 10.2 Å². The lowest BCUT2D eigenvalue weighted by Crippen LogP contribution is -2.47. The van der Waals surface area contributed by atoms with Crippen molar-refractivity contribution in [1.29, 1.82) is 0 Å². The number of benzene rings is 1. The van der Waals surface area contributed by atoms with Gasteiger partial charge in [0.15, 0.2) is 0 Å². The van der Waals surface area contributed by atoms with Crippen molar-refractivity contribution in [3.63, 3.8) is 0 Å². The number of nitrogens with zero attached hydrogens (tertiary/aromatic N) is 1. The number of anilines is 1. The highest BCUT2D eigenvalue weighted by atomic mass is 79.9. The first-order valence-electron chi connectivity index (χ1n) is 6.46. The summed E-state index contributed by atoms with van der Waals surface area (Å²) in [7, 11) is 0. The molecule has 1 aromatic rings. The van der Waals surface area contributed by atoms with Gasteiger partial charge in [0.2, 0.25) is 0 Å². The van der Waals surface area contributed by atoms with Crippen molar-refractivity contribution in [2.45, 2.75) is 38.8 Å². The minimum Gasteiger partial charge on any atom is -0.369 e. The predicted octanol–water partition coefficient (Wildman–Crippen LogP) is 3.42. The Kier molecular flexibility index (Phi) is 4.46. The van der Waals surface area contributed by atoms with Gasteiger partial charge in [-0.3, -0.25) is 0 Å². The summed E-state index contributed by atoms with van der Waals surface area (Å²) < 4.78 is 1.15. The topological polar surface area (TPSA) is 15.3 Å². The van der Waals surface area contributed by atoms with Gasteiger partial charge in [-0.1, -0.05) is 22.9 Å². The van der Waals surface area contributed by atoms with Crippen molar-refractivity contribution >= 4 is 21.6 Å². The molecule has 2 atom stereocenters. The smallest absolute Gasteiger partial charge is 0.0369 e. The zero-order valence-electron chi connectivity index (χ0n) is 10.6. The van der Waals surface area contributed by atoms with E-state index in [4.69, 9.17) is 0 Å². The maximum atomic E-state index is 3.56. The van der Waals surface area contributed by atoms with E-state index < -0.39 is 0 Å². The molecule has 0 bridgehead atoms. The van der Waals surface area contributed by atoms with Crippen LogP contribution in [-0.2, 0) is 0 Å². The summed E-state index contributed by atoms with van der Waals surface area (Å²) in [4.78, 5) is 2.51. The Morgan fingerprint density at radius 3 is 2.65 bits per heavy atom. The Labute approximate surface area is 113 Å². The molecule has 0 aliphatic carbocycles. The van der Waals surface area contributed by atoms with Crippen molar-refractivity contribution in [3.05, 3.63) is 28.7 Å². The molecule has 17 heavy (non-hydrogen) atoms. The van der Waals surface area contributed by atoms with Crippen LogP contribution in [0.15, 0.2) is 28.7 Å². The molecule has 2 rings (SSSR count). The van der Waals surface area contributed by atoms with Gasteiger partial charge in [0.1, 0.15) is 0 Å². The van der Waals surface area contributed by atoms with E-state index in [-0.39, 0.29) is 0 Å². The number of hydrogen-bond acceptors (Lipinski definition) is 2. The van der Waals surface area contributed by atoms with E-state index in [2.05, 4.69) is 64.3 Å². The van der Waals surface area contributed by atoms with Crippen molar-refractivity contribution in [1.82, 2.24) is 5.32 Å². The maximum absolute atomic E-state index is 3.56. The molecule has 0 amide bonds. The second-order valence-corrected chi connectivity index (χ2v) is 5.71. The molecule has 2 unspecified atom stereocenters. The SMILES string of the molecule is CCNC1CCN(c2ccc(Br)cc2)C(C)C1. The van der Waals surface area contributed by atoms with E-state index >= 15 is 0 Å². The molecule has 0 spiro atoms. The van der Waals surface area contributed by atoms with Crippen molar-refractivity contribution < 1.29 is 0 Å². The highest BCUT2D eigenvalue weighted by Crippen LogP contribution is 2.26. The Hall–Kier alpha value is -0.540. The third kappa shape index (κ3) is 3.23. The summed E-state index contributed by atoms with van der Waals surface area (Å²) in [6.07, 6.45) is 2.48. The summed E-state index contributed by atoms with van der Waals surface area (Å²) in [5, 5.41) is 3.56. The molecule has 1 aromatic carbocycles. The van der Waals surface area contributed by atoms with E-state index in [9.17, 15) is 0 Å². The zero-order valence-corrected chi connectivity index (χ0v) is 12.2. The fourth-order valence-electron chi connectivity index (χ4n) is 2.66. The molecule has 0 aromatic heterocycles. The van der Waals surface area contributed by atoms with Crippen LogP contribution in [0.5, 0.6) is 0 Å². The van der Waals surface area contributed by atoms with Crippen LogP contribution in [0.1, 0.15) is 26.7 Å². The Balaban J connectivity index is 2.01. The van der Waals surface area contributed by atoms with Crippen LogP contribution in [0.25, 0.3) is 0 Å². The average Bonchev–Trinajstić information content (AvgIpc) is 2.31. The van der Waals surface area contributed by atoms with Gasteiger partial charge in [0.25, 0.3) is 0 Å². The molecule has 1 aliphatic rings. The van der Waals surface area contributed by atoms with E-state index in [0.29, 0.717) is 12.1 Å². The van der Waals surface area contributed by atoms with Gasteiger partial charge in [-0.15, -0.1) is 0 Å². The number of halogens is 1. The lowest BCUT2D eigenvalue weighted by atomic mass is 9.97. The fraction of sp³-hybridized carbons (Fsp3) is 0.571. The Bertz CT molecular complexity index is 350. The molecule has 2 nitrogen and oxygen atoms in total. The number of rotatable bonds is 3. The Morgan fingerprint density at radius 2 is 2.06 bits per heavy atom. The lowest BCUT2D eigenvalue weighted by molar-refractivity contribution is 0.374. The van der Waals surface area contributed by atoms with Gasteiger partial charge in [-0.2, -0.15) is 0 Å². The molecule has 0 saturated carbocycles. The zero-order chi connectivity index (χ0) is 12.3. The number of nitrogens with one attached hydrogen (secondary N) is 1. The molecule has 94 valence electrons. The molecular formula is C14H21BrN2. The van der Waals surface area contributed by atoms with Gasteiger partial charge in [0.05, 0.1) is 0 Å². The van der Waals surface area contributed by atoms with E-state index in [1.54, 1.807) is 0 Å². The van der Waals surface area contributed by atoms with Gasteiger partial charge >= 0.3 is 0 Å². The van der Waals surface area contributed by atoms with Crippen molar-refractivity contribution in [3.8, 4) is 0 Å². The third-order valence-electron chi connectivity index (χ3n) is 3.53. The average molecular weight is 297 g/mol. The normalized spacial score (nSPS) is 25.0. The van der Waals surface area contributed by atoms with Crippen LogP contribution in [-0.4, -0.2) is 25.2 Å². The van der Waals surface area contributed by atoms with E-state index in [1.165, 1.54) is 18.5 Å². The van der Waals surface area contributed by atoms with Crippen molar-refractivity contribution in [2.24, 2.45) is 0 Å². The van der Waals surface area contributed by atoms with Crippen molar-refractivity contribution in [2.75, 3.05) is 18.0 Å². The number of hydrogen-bond donors (Lipinski definition) is 1. The lowest BCUT2D eigenvalue weighted by Gasteiger charge is -2.39.